The lowest BCUT2D eigenvalue weighted by molar-refractivity contribution is 0.448. The maximum Gasteiger partial charge on any atom is 0.194 e. The average molecular weight is 456 g/mol. The molecule has 1 unspecified atom stereocenters. The molecule has 0 aliphatic carbocycles. The maximum absolute atomic E-state index is 4.80. The monoisotopic (exact) mass is 456 g/mol. The van der Waals surface area contributed by atoms with E-state index in [9.17, 15) is 0 Å². The first-order valence-electron chi connectivity index (χ1n) is 8.40. The predicted molar refractivity (Wildman–Crippen MR) is 113 cm³/mol. The molecule has 6 nitrogen and oxygen atoms in total. The fraction of sp³-hybridized carbons (Fsp3) is 0.500. The lowest BCUT2D eigenvalue weighted by atomic mass is 10.0. The van der Waals surface area contributed by atoms with Gasteiger partial charge in [0.25, 0.3) is 0 Å². The van der Waals surface area contributed by atoms with Crippen LogP contribution in [0.3, 0.4) is 0 Å². The molecule has 0 amide bonds. The highest BCUT2D eigenvalue weighted by Crippen LogP contribution is 2.16. The molecule has 1 N–H and O–H groups in total. The highest BCUT2D eigenvalue weighted by atomic mass is 127. The van der Waals surface area contributed by atoms with Crippen molar-refractivity contribution in [1.29, 1.82) is 0 Å². The van der Waals surface area contributed by atoms with E-state index in [4.69, 9.17) is 4.99 Å². The van der Waals surface area contributed by atoms with E-state index in [0.717, 1.165) is 24.9 Å². The van der Waals surface area contributed by atoms with E-state index < -0.39 is 0 Å². The predicted octanol–water partition coefficient (Wildman–Crippen LogP) is 2.94. The van der Waals surface area contributed by atoms with E-state index in [1.54, 1.807) is 11.0 Å². The van der Waals surface area contributed by atoms with Crippen LogP contribution in [0.1, 0.15) is 36.7 Å². The van der Waals surface area contributed by atoms with Crippen molar-refractivity contribution in [3.8, 4) is 0 Å². The standard InChI is InChI=1S/C18H28N6.HI/c1-6-19-18(23(4)12-17-21-13-22-24(17)5)20-11-15(3)16-9-7-14(2)8-10-16;/h7-10,13,15H,6,11-12H2,1-5H3,(H,19,20);1H. The van der Waals surface area contributed by atoms with Crippen LogP contribution >= 0.6 is 24.0 Å². The van der Waals surface area contributed by atoms with Crippen molar-refractivity contribution in [3.63, 3.8) is 0 Å². The highest BCUT2D eigenvalue weighted by Gasteiger charge is 2.11. The summed E-state index contributed by atoms with van der Waals surface area (Å²) in [6.07, 6.45) is 1.58. The van der Waals surface area contributed by atoms with Gasteiger partial charge in [0.05, 0.1) is 6.54 Å². The number of nitrogens with zero attached hydrogens (tertiary/aromatic N) is 5. The molecule has 0 aliphatic heterocycles. The largest absolute Gasteiger partial charge is 0.357 e. The maximum atomic E-state index is 4.80. The van der Waals surface area contributed by atoms with Crippen LogP contribution < -0.4 is 5.32 Å². The van der Waals surface area contributed by atoms with E-state index in [2.05, 4.69) is 65.3 Å². The minimum absolute atomic E-state index is 0. The summed E-state index contributed by atoms with van der Waals surface area (Å²) in [5.41, 5.74) is 2.60. The highest BCUT2D eigenvalue weighted by molar-refractivity contribution is 14.0. The van der Waals surface area contributed by atoms with Crippen LogP contribution in [-0.2, 0) is 13.6 Å². The molecule has 0 bridgehead atoms. The van der Waals surface area contributed by atoms with E-state index in [1.165, 1.54) is 11.1 Å². The van der Waals surface area contributed by atoms with Crippen molar-refractivity contribution in [1.82, 2.24) is 25.0 Å². The number of aliphatic imine (C=N–C) groups is 1. The van der Waals surface area contributed by atoms with E-state index in [-0.39, 0.29) is 24.0 Å². The van der Waals surface area contributed by atoms with Crippen LogP contribution in [0.4, 0.5) is 0 Å². The lowest BCUT2D eigenvalue weighted by Crippen LogP contribution is -2.39. The van der Waals surface area contributed by atoms with Crippen LogP contribution in [-0.4, -0.2) is 45.8 Å². The van der Waals surface area contributed by atoms with Gasteiger partial charge in [-0.05, 0) is 19.4 Å². The van der Waals surface area contributed by atoms with Crippen molar-refractivity contribution in [2.24, 2.45) is 12.0 Å². The molecule has 0 aliphatic rings. The Kier molecular flexibility index (Phi) is 8.88. The Bertz CT molecular complexity index is 664. The molecule has 2 aromatic rings. The van der Waals surface area contributed by atoms with Gasteiger partial charge >= 0.3 is 0 Å². The van der Waals surface area contributed by atoms with E-state index in [1.807, 2.05) is 14.1 Å². The van der Waals surface area contributed by atoms with Gasteiger partial charge in [0.15, 0.2) is 5.96 Å². The number of hydrogen-bond donors (Lipinski definition) is 1. The zero-order chi connectivity index (χ0) is 17.5. The molecule has 0 fully saturated rings. The van der Waals surface area contributed by atoms with Gasteiger partial charge in [-0.25, -0.2) is 4.98 Å². The van der Waals surface area contributed by atoms with Gasteiger partial charge < -0.3 is 10.2 Å². The Morgan fingerprint density at radius 3 is 2.56 bits per heavy atom. The van der Waals surface area contributed by atoms with Gasteiger partial charge in [-0.1, -0.05) is 36.8 Å². The summed E-state index contributed by atoms with van der Waals surface area (Å²) in [4.78, 5) is 11.2. The molecule has 0 spiro atoms. The van der Waals surface area contributed by atoms with Crippen LogP contribution in [0.15, 0.2) is 35.6 Å². The summed E-state index contributed by atoms with van der Waals surface area (Å²) < 4.78 is 1.79. The van der Waals surface area contributed by atoms with Gasteiger partial charge in [0.2, 0.25) is 0 Å². The van der Waals surface area contributed by atoms with Crippen LogP contribution in [0.2, 0.25) is 0 Å². The Morgan fingerprint density at radius 1 is 1.32 bits per heavy atom. The normalized spacial score (nSPS) is 12.4. The molecule has 2 rings (SSSR count). The van der Waals surface area contributed by atoms with Crippen molar-refractivity contribution in [3.05, 3.63) is 47.5 Å². The third kappa shape index (κ3) is 6.30. The van der Waals surface area contributed by atoms with Gasteiger partial charge in [-0.3, -0.25) is 9.67 Å². The summed E-state index contributed by atoms with van der Waals surface area (Å²) >= 11 is 0. The summed E-state index contributed by atoms with van der Waals surface area (Å²) in [6.45, 7) is 8.64. The number of nitrogens with one attached hydrogen (secondary N) is 1. The topological polar surface area (TPSA) is 58.3 Å². The molecule has 7 heteroatoms. The molecule has 25 heavy (non-hydrogen) atoms. The van der Waals surface area contributed by atoms with E-state index >= 15 is 0 Å². The SMILES string of the molecule is CCNC(=NCC(C)c1ccc(C)cc1)N(C)Cc1ncnn1C.I. The van der Waals surface area contributed by atoms with Crippen molar-refractivity contribution in [2.75, 3.05) is 20.1 Å². The van der Waals surface area contributed by atoms with Crippen LogP contribution in [0.25, 0.3) is 0 Å². The third-order valence-electron chi connectivity index (χ3n) is 4.04. The summed E-state index contributed by atoms with van der Waals surface area (Å²) in [6, 6.07) is 8.68. The first-order valence-corrected chi connectivity index (χ1v) is 8.40. The number of rotatable bonds is 6. The Labute approximate surface area is 167 Å². The minimum Gasteiger partial charge on any atom is -0.357 e. The molecule has 0 saturated heterocycles. The Morgan fingerprint density at radius 2 is 2.00 bits per heavy atom. The molecule has 0 radical (unpaired) electrons. The zero-order valence-electron chi connectivity index (χ0n) is 15.7. The smallest absolute Gasteiger partial charge is 0.194 e. The van der Waals surface area contributed by atoms with E-state index in [0.29, 0.717) is 12.5 Å². The fourth-order valence-electron chi connectivity index (χ4n) is 2.44. The quantitative estimate of drug-likeness (QED) is 0.413. The van der Waals surface area contributed by atoms with Crippen molar-refractivity contribution >= 4 is 29.9 Å². The summed E-state index contributed by atoms with van der Waals surface area (Å²) in [5, 5.41) is 7.46. The average Bonchev–Trinajstić information content (AvgIpc) is 2.96. The lowest BCUT2D eigenvalue weighted by Gasteiger charge is -2.22. The molecule has 1 aromatic carbocycles. The van der Waals surface area contributed by atoms with Crippen molar-refractivity contribution < 1.29 is 0 Å². The minimum atomic E-state index is 0. The number of benzene rings is 1. The summed E-state index contributed by atoms with van der Waals surface area (Å²) in [5.74, 6) is 2.18. The van der Waals surface area contributed by atoms with Crippen molar-refractivity contribution in [2.45, 2.75) is 33.2 Å². The molecule has 1 atom stereocenters. The molecule has 0 saturated carbocycles. The second-order valence-corrected chi connectivity index (χ2v) is 6.16. The Hall–Kier alpha value is -1.64. The molecule has 1 aromatic heterocycles. The first-order chi connectivity index (χ1) is 11.5. The summed E-state index contributed by atoms with van der Waals surface area (Å²) in [7, 11) is 3.92. The molecule has 138 valence electrons. The van der Waals surface area contributed by atoms with Gasteiger partial charge in [0.1, 0.15) is 12.2 Å². The van der Waals surface area contributed by atoms with Crippen LogP contribution in [0, 0.1) is 6.92 Å². The molecular weight excluding hydrogens is 427 g/mol. The molecule has 1 heterocycles. The molecular formula is C18H29IN6. The zero-order valence-corrected chi connectivity index (χ0v) is 18.1. The van der Waals surface area contributed by atoms with Gasteiger partial charge in [-0.15, -0.1) is 24.0 Å². The second-order valence-electron chi connectivity index (χ2n) is 6.16. The number of aromatic nitrogens is 3. The Balaban J connectivity index is 0.00000312. The number of guanidine groups is 1. The number of aryl methyl sites for hydroxylation is 2. The number of hydrogen-bond acceptors (Lipinski definition) is 3. The van der Waals surface area contributed by atoms with Crippen LogP contribution in [0.5, 0.6) is 0 Å². The first kappa shape index (κ1) is 21.4. The third-order valence-corrected chi connectivity index (χ3v) is 4.04. The fourth-order valence-corrected chi connectivity index (χ4v) is 2.44. The number of halogens is 1. The van der Waals surface area contributed by atoms with Gasteiger partial charge in [-0.2, -0.15) is 5.10 Å². The second kappa shape index (κ2) is 10.4. The van der Waals surface area contributed by atoms with Gasteiger partial charge in [0, 0.05) is 33.1 Å².